The van der Waals surface area contributed by atoms with Crippen molar-refractivity contribution in [3.63, 3.8) is 0 Å². The Morgan fingerprint density at radius 3 is 2.12 bits per heavy atom. The van der Waals surface area contributed by atoms with E-state index in [1.54, 1.807) is 0 Å². The summed E-state index contributed by atoms with van der Waals surface area (Å²) in [4.78, 5) is 3.07. The van der Waals surface area contributed by atoms with Crippen LogP contribution in [0.5, 0.6) is 0 Å². The number of alkyl halides is 6. The van der Waals surface area contributed by atoms with E-state index in [1.807, 2.05) is 0 Å². The van der Waals surface area contributed by atoms with Crippen LogP contribution in [0.25, 0.3) is 0 Å². The zero-order chi connectivity index (χ0) is 12.6. The van der Waals surface area contributed by atoms with Crippen molar-refractivity contribution in [2.75, 3.05) is 13.7 Å². The minimum atomic E-state index is -4.99. The van der Waals surface area contributed by atoms with Gasteiger partial charge < -0.3 is 9.47 Å². The van der Waals surface area contributed by atoms with Crippen LogP contribution in [0.3, 0.4) is 0 Å². The van der Waals surface area contributed by atoms with Crippen molar-refractivity contribution in [3.05, 3.63) is 0 Å². The molecular formula is C7H7F6NO2. The van der Waals surface area contributed by atoms with E-state index in [1.165, 1.54) is 0 Å². The van der Waals surface area contributed by atoms with Crippen LogP contribution >= 0.6 is 0 Å². The lowest BCUT2D eigenvalue weighted by Gasteiger charge is -2.30. The van der Waals surface area contributed by atoms with E-state index in [2.05, 4.69) is 14.5 Å². The highest BCUT2D eigenvalue weighted by molar-refractivity contribution is 5.82. The Labute approximate surface area is 86.0 Å². The van der Waals surface area contributed by atoms with Crippen LogP contribution < -0.4 is 0 Å². The summed E-state index contributed by atoms with van der Waals surface area (Å²) in [6.07, 6.45) is -15.2. The first-order valence-corrected chi connectivity index (χ1v) is 4.03. The normalized spacial score (nSPS) is 27.6. The van der Waals surface area contributed by atoms with Gasteiger partial charge in [-0.3, -0.25) is 0 Å². The third kappa shape index (κ3) is 2.77. The van der Waals surface area contributed by atoms with Crippen molar-refractivity contribution in [3.8, 4) is 0 Å². The van der Waals surface area contributed by atoms with Crippen molar-refractivity contribution >= 4 is 5.90 Å². The monoisotopic (exact) mass is 251 g/mol. The number of aliphatic imine (C=N–C) groups is 1. The van der Waals surface area contributed by atoms with Crippen LogP contribution in [0.4, 0.5) is 26.3 Å². The number of hydrogen-bond donors (Lipinski definition) is 0. The maximum absolute atomic E-state index is 12.3. The molecule has 0 fully saturated rings. The number of rotatable bonds is 0. The molecular weight excluding hydrogens is 244 g/mol. The largest absolute Gasteiger partial charge is 0.482 e. The highest BCUT2D eigenvalue weighted by Crippen LogP contribution is 2.33. The van der Waals surface area contributed by atoms with Crippen LogP contribution in [-0.2, 0) is 9.47 Å². The third-order valence-corrected chi connectivity index (χ3v) is 1.81. The first-order chi connectivity index (χ1) is 7.16. The molecule has 0 aromatic rings. The predicted octanol–water partition coefficient (Wildman–Crippen LogP) is 1.92. The molecule has 2 unspecified atom stereocenters. The van der Waals surface area contributed by atoms with Gasteiger partial charge in [0.05, 0.1) is 13.7 Å². The molecule has 0 aliphatic carbocycles. The average molecular weight is 251 g/mol. The molecule has 0 aromatic carbocycles. The van der Waals surface area contributed by atoms with Crippen LogP contribution in [0.15, 0.2) is 4.99 Å². The van der Waals surface area contributed by atoms with Gasteiger partial charge in [0.1, 0.15) is 0 Å². The lowest BCUT2D eigenvalue weighted by Crippen LogP contribution is -2.50. The molecule has 0 bridgehead atoms. The molecule has 1 rings (SSSR count). The molecule has 0 aromatic heterocycles. The fourth-order valence-electron chi connectivity index (χ4n) is 1.09. The summed E-state index contributed by atoms with van der Waals surface area (Å²) in [5.74, 6) is -0.895. The second-order valence-electron chi connectivity index (χ2n) is 2.97. The maximum Gasteiger partial charge on any atom is 0.423 e. The van der Waals surface area contributed by atoms with Crippen LogP contribution in [0.1, 0.15) is 0 Å². The standard InChI is InChI=1S/C7H7F6NO2/c1-15-5-4(7(11,12)13)16-3(2-14-5)6(8,9)10/h3-4H,2H2,1H3. The molecule has 3 nitrogen and oxygen atoms in total. The molecule has 0 N–H and O–H groups in total. The lowest BCUT2D eigenvalue weighted by molar-refractivity contribution is -0.273. The predicted molar refractivity (Wildman–Crippen MR) is 40.1 cm³/mol. The second kappa shape index (κ2) is 4.11. The fourth-order valence-corrected chi connectivity index (χ4v) is 1.09. The summed E-state index contributed by atoms with van der Waals surface area (Å²) < 4.78 is 81.4. The summed E-state index contributed by atoms with van der Waals surface area (Å²) in [6.45, 7) is -0.931. The number of hydrogen-bond acceptors (Lipinski definition) is 3. The summed E-state index contributed by atoms with van der Waals surface area (Å²) in [7, 11) is 0.884. The molecule has 1 aliphatic rings. The van der Waals surface area contributed by atoms with Crippen molar-refractivity contribution in [2.24, 2.45) is 4.99 Å². The number of ether oxygens (including phenoxy) is 2. The van der Waals surface area contributed by atoms with Crippen molar-refractivity contribution in [1.29, 1.82) is 0 Å². The number of methoxy groups -OCH3 is 1. The fraction of sp³-hybridized carbons (Fsp3) is 0.857. The van der Waals surface area contributed by atoms with Gasteiger partial charge in [-0.15, -0.1) is 0 Å². The zero-order valence-corrected chi connectivity index (χ0v) is 7.89. The van der Waals surface area contributed by atoms with E-state index >= 15 is 0 Å². The van der Waals surface area contributed by atoms with E-state index in [0.717, 1.165) is 7.11 Å². The topological polar surface area (TPSA) is 30.8 Å². The molecule has 1 aliphatic heterocycles. The molecule has 1 heterocycles. The molecule has 9 heteroatoms. The smallest absolute Gasteiger partial charge is 0.423 e. The van der Waals surface area contributed by atoms with Crippen LogP contribution in [-0.4, -0.2) is 44.1 Å². The van der Waals surface area contributed by atoms with E-state index in [0.29, 0.717) is 0 Å². The summed E-state index contributed by atoms with van der Waals surface area (Å²) in [6, 6.07) is 0. The zero-order valence-electron chi connectivity index (χ0n) is 7.89. The molecule has 0 saturated carbocycles. The van der Waals surface area contributed by atoms with Gasteiger partial charge in [-0.2, -0.15) is 26.3 Å². The molecule has 0 radical (unpaired) electrons. The second-order valence-corrected chi connectivity index (χ2v) is 2.97. The Bertz CT molecular complexity index is 284. The van der Waals surface area contributed by atoms with E-state index in [9.17, 15) is 26.3 Å². The molecule has 0 spiro atoms. The van der Waals surface area contributed by atoms with Gasteiger partial charge in [0, 0.05) is 0 Å². The van der Waals surface area contributed by atoms with Crippen molar-refractivity contribution in [1.82, 2.24) is 0 Å². The summed E-state index contributed by atoms with van der Waals surface area (Å²) in [5, 5.41) is 0. The van der Waals surface area contributed by atoms with Gasteiger partial charge in [-0.1, -0.05) is 0 Å². The Kier molecular flexibility index (Phi) is 3.36. The minimum Gasteiger partial charge on any atom is -0.482 e. The van der Waals surface area contributed by atoms with E-state index in [4.69, 9.17) is 0 Å². The van der Waals surface area contributed by atoms with Gasteiger partial charge in [0.25, 0.3) is 0 Å². The minimum absolute atomic E-state index is 0.884. The molecule has 2 atom stereocenters. The quantitative estimate of drug-likeness (QED) is 0.616. The van der Waals surface area contributed by atoms with Gasteiger partial charge in [0.15, 0.2) is 6.10 Å². The number of nitrogens with zero attached hydrogens (tertiary/aromatic N) is 1. The maximum atomic E-state index is 12.3. The molecule has 0 amide bonds. The molecule has 16 heavy (non-hydrogen) atoms. The first kappa shape index (κ1) is 13.1. The Balaban J connectivity index is 2.90. The molecule has 94 valence electrons. The third-order valence-electron chi connectivity index (χ3n) is 1.81. The summed E-state index contributed by atoms with van der Waals surface area (Å²) >= 11 is 0. The Morgan fingerprint density at radius 2 is 1.75 bits per heavy atom. The highest BCUT2D eigenvalue weighted by Gasteiger charge is 2.53. The summed E-state index contributed by atoms with van der Waals surface area (Å²) in [5.41, 5.74) is 0. The van der Waals surface area contributed by atoms with Crippen molar-refractivity contribution < 1.29 is 35.8 Å². The van der Waals surface area contributed by atoms with E-state index in [-0.39, 0.29) is 0 Å². The average Bonchev–Trinajstić information content (AvgIpc) is 2.14. The van der Waals surface area contributed by atoms with Gasteiger partial charge in [-0.05, 0) is 0 Å². The first-order valence-electron chi connectivity index (χ1n) is 4.03. The molecule has 0 saturated heterocycles. The van der Waals surface area contributed by atoms with Crippen LogP contribution in [0, 0.1) is 0 Å². The Hall–Kier alpha value is -0.990. The highest BCUT2D eigenvalue weighted by atomic mass is 19.4. The van der Waals surface area contributed by atoms with E-state index < -0.39 is 37.0 Å². The Morgan fingerprint density at radius 1 is 1.19 bits per heavy atom. The van der Waals surface area contributed by atoms with Crippen LogP contribution in [0.2, 0.25) is 0 Å². The lowest BCUT2D eigenvalue weighted by atomic mass is 10.2. The number of halogens is 6. The van der Waals surface area contributed by atoms with Gasteiger partial charge >= 0.3 is 12.4 Å². The van der Waals surface area contributed by atoms with Gasteiger partial charge in [-0.25, -0.2) is 4.99 Å². The SMILES string of the molecule is COC1=NCC(C(F)(F)F)OC1C(F)(F)F. The van der Waals surface area contributed by atoms with Crippen molar-refractivity contribution in [2.45, 2.75) is 24.6 Å². The van der Waals surface area contributed by atoms with Gasteiger partial charge in [0.2, 0.25) is 12.0 Å².